The van der Waals surface area contributed by atoms with Crippen molar-refractivity contribution in [3.8, 4) is 11.4 Å². The van der Waals surface area contributed by atoms with E-state index in [1.54, 1.807) is 0 Å². The van der Waals surface area contributed by atoms with E-state index in [-0.39, 0.29) is 5.41 Å². The molecule has 1 aromatic carbocycles. The molecule has 3 rings (SSSR count). The lowest BCUT2D eigenvalue weighted by molar-refractivity contribution is 0.590. The molecule has 0 bridgehead atoms. The fourth-order valence-corrected chi connectivity index (χ4v) is 2.60. The van der Waals surface area contributed by atoms with Gasteiger partial charge in [-0.05, 0) is 30.4 Å². The fraction of sp³-hybridized carbons (Fsp3) is 0.500. The number of nitrogens with one attached hydrogen (secondary N) is 2. The lowest BCUT2D eigenvalue weighted by atomic mass is 9.87. The van der Waals surface area contributed by atoms with Gasteiger partial charge in [0.25, 0.3) is 0 Å². The Morgan fingerprint density at radius 1 is 1.15 bits per heavy atom. The van der Waals surface area contributed by atoms with Gasteiger partial charge in [-0.1, -0.05) is 45.0 Å². The van der Waals surface area contributed by atoms with Crippen molar-refractivity contribution in [1.29, 1.82) is 0 Å². The van der Waals surface area contributed by atoms with Gasteiger partial charge in [0.2, 0.25) is 0 Å². The molecule has 0 spiro atoms. The van der Waals surface area contributed by atoms with Crippen molar-refractivity contribution < 1.29 is 0 Å². The minimum absolute atomic E-state index is 0.177. The van der Waals surface area contributed by atoms with Gasteiger partial charge in [0.05, 0.1) is 6.04 Å². The predicted molar refractivity (Wildman–Crippen MR) is 80.5 cm³/mol. The molecule has 106 valence electrons. The van der Waals surface area contributed by atoms with Crippen LogP contribution in [0, 0.1) is 0 Å². The summed E-state index contributed by atoms with van der Waals surface area (Å²) in [4.78, 5) is 4.63. The maximum absolute atomic E-state index is 4.63. The molecular weight excluding hydrogens is 248 g/mol. The summed E-state index contributed by atoms with van der Waals surface area (Å²) in [5.74, 6) is 1.74. The van der Waals surface area contributed by atoms with Crippen molar-refractivity contribution in [3.63, 3.8) is 0 Å². The molecule has 4 nitrogen and oxygen atoms in total. The van der Waals surface area contributed by atoms with Gasteiger partial charge in [0.1, 0.15) is 5.82 Å². The molecular formula is C16H22N4. The lowest BCUT2D eigenvalue weighted by Gasteiger charge is -2.18. The first-order valence-electron chi connectivity index (χ1n) is 7.30. The first-order chi connectivity index (χ1) is 9.54. The SMILES string of the molecule is CC(C)(C)c1ccc(-c2n[nH]c(C3CCCN3)n2)cc1. The molecule has 2 heterocycles. The van der Waals surface area contributed by atoms with Crippen molar-refractivity contribution in [2.24, 2.45) is 0 Å². The summed E-state index contributed by atoms with van der Waals surface area (Å²) in [6, 6.07) is 8.88. The Bertz CT molecular complexity index is 571. The second-order valence-electron chi connectivity index (χ2n) is 6.52. The van der Waals surface area contributed by atoms with Crippen LogP contribution in [0.25, 0.3) is 11.4 Å². The van der Waals surface area contributed by atoms with E-state index in [0.717, 1.165) is 30.2 Å². The second-order valence-corrected chi connectivity index (χ2v) is 6.52. The van der Waals surface area contributed by atoms with Crippen molar-refractivity contribution >= 4 is 0 Å². The molecule has 1 fully saturated rings. The molecule has 0 aliphatic carbocycles. The Morgan fingerprint density at radius 2 is 1.90 bits per heavy atom. The highest BCUT2D eigenvalue weighted by atomic mass is 15.2. The largest absolute Gasteiger partial charge is 0.307 e. The van der Waals surface area contributed by atoms with E-state index in [1.807, 2.05) is 0 Å². The summed E-state index contributed by atoms with van der Waals surface area (Å²) in [5, 5.41) is 10.8. The Labute approximate surface area is 120 Å². The third kappa shape index (κ3) is 2.61. The highest BCUT2D eigenvalue weighted by Crippen LogP contribution is 2.26. The number of rotatable bonds is 2. The van der Waals surface area contributed by atoms with Crippen LogP contribution in [-0.2, 0) is 5.41 Å². The molecule has 1 aliphatic heterocycles. The first-order valence-corrected chi connectivity index (χ1v) is 7.30. The summed E-state index contributed by atoms with van der Waals surface area (Å²) < 4.78 is 0. The molecule has 20 heavy (non-hydrogen) atoms. The van der Waals surface area contributed by atoms with Crippen LogP contribution in [0.5, 0.6) is 0 Å². The fourth-order valence-electron chi connectivity index (χ4n) is 2.60. The highest BCUT2D eigenvalue weighted by molar-refractivity contribution is 5.55. The summed E-state index contributed by atoms with van der Waals surface area (Å²) in [6.45, 7) is 7.73. The Morgan fingerprint density at radius 3 is 2.50 bits per heavy atom. The smallest absolute Gasteiger partial charge is 0.181 e. The summed E-state index contributed by atoms with van der Waals surface area (Å²) >= 11 is 0. The van der Waals surface area contributed by atoms with Crippen LogP contribution in [0.4, 0.5) is 0 Å². The standard InChI is InChI=1S/C16H22N4/c1-16(2,3)12-8-6-11(7-9-12)14-18-15(20-19-14)13-5-4-10-17-13/h6-9,13,17H,4-5,10H2,1-3H3,(H,18,19,20). The van der Waals surface area contributed by atoms with Gasteiger partial charge in [0.15, 0.2) is 5.82 Å². The van der Waals surface area contributed by atoms with Gasteiger partial charge in [-0.25, -0.2) is 4.98 Å². The molecule has 1 unspecified atom stereocenters. The zero-order valence-electron chi connectivity index (χ0n) is 12.4. The number of hydrogen-bond acceptors (Lipinski definition) is 3. The second kappa shape index (κ2) is 5.02. The van der Waals surface area contributed by atoms with Gasteiger partial charge in [-0.2, -0.15) is 5.10 Å². The highest BCUT2D eigenvalue weighted by Gasteiger charge is 2.20. The Kier molecular flexibility index (Phi) is 3.34. The van der Waals surface area contributed by atoms with Crippen LogP contribution < -0.4 is 5.32 Å². The van der Waals surface area contributed by atoms with E-state index in [0.29, 0.717) is 6.04 Å². The normalized spacial score (nSPS) is 19.4. The van der Waals surface area contributed by atoms with Crippen LogP contribution in [0.2, 0.25) is 0 Å². The van der Waals surface area contributed by atoms with Crippen molar-refractivity contribution in [3.05, 3.63) is 35.7 Å². The third-order valence-electron chi connectivity index (χ3n) is 3.90. The molecule has 4 heteroatoms. The number of hydrogen-bond donors (Lipinski definition) is 2. The van der Waals surface area contributed by atoms with Crippen LogP contribution in [-0.4, -0.2) is 21.7 Å². The summed E-state index contributed by atoms with van der Waals surface area (Å²) in [5.41, 5.74) is 2.57. The number of nitrogens with zero attached hydrogens (tertiary/aromatic N) is 2. The number of aromatic nitrogens is 3. The zero-order valence-corrected chi connectivity index (χ0v) is 12.4. The van der Waals surface area contributed by atoms with Gasteiger partial charge >= 0.3 is 0 Å². The van der Waals surface area contributed by atoms with E-state index < -0.39 is 0 Å². The van der Waals surface area contributed by atoms with Gasteiger partial charge in [-0.3, -0.25) is 5.10 Å². The maximum atomic E-state index is 4.63. The van der Waals surface area contributed by atoms with Gasteiger partial charge in [-0.15, -0.1) is 0 Å². The summed E-state index contributed by atoms with van der Waals surface area (Å²) in [6.07, 6.45) is 2.35. The van der Waals surface area contributed by atoms with Crippen LogP contribution in [0.1, 0.15) is 51.0 Å². The minimum Gasteiger partial charge on any atom is -0.307 e. The van der Waals surface area contributed by atoms with Crippen molar-refractivity contribution in [2.75, 3.05) is 6.54 Å². The Hall–Kier alpha value is -1.68. The molecule has 1 saturated heterocycles. The molecule has 2 aromatic rings. The van der Waals surface area contributed by atoms with Crippen LogP contribution in [0.15, 0.2) is 24.3 Å². The Balaban J connectivity index is 1.82. The van der Waals surface area contributed by atoms with Crippen molar-refractivity contribution in [1.82, 2.24) is 20.5 Å². The van der Waals surface area contributed by atoms with Gasteiger partial charge in [0, 0.05) is 5.56 Å². The van der Waals surface area contributed by atoms with E-state index in [4.69, 9.17) is 0 Å². The van der Waals surface area contributed by atoms with Crippen LogP contribution >= 0.6 is 0 Å². The summed E-state index contributed by atoms with van der Waals surface area (Å²) in [7, 11) is 0. The molecule has 0 amide bonds. The number of aromatic amines is 1. The topological polar surface area (TPSA) is 53.6 Å². The number of benzene rings is 1. The zero-order chi connectivity index (χ0) is 14.2. The quantitative estimate of drug-likeness (QED) is 0.881. The average Bonchev–Trinajstić information content (AvgIpc) is 3.09. The monoisotopic (exact) mass is 270 g/mol. The van der Waals surface area contributed by atoms with E-state index in [1.165, 1.54) is 12.0 Å². The molecule has 1 atom stereocenters. The van der Waals surface area contributed by atoms with E-state index in [2.05, 4.69) is 65.5 Å². The first kappa shape index (κ1) is 13.3. The van der Waals surface area contributed by atoms with E-state index in [9.17, 15) is 0 Å². The van der Waals surface area contributed by atoms with E-state index >= 15 is 0 Å². The molecule has 0 radical (unpaired) electrons. The van der Waals surface area contributed by atoms with Crippen molar-refractivity contribution in [2.45, 2.75) is 45.1 Å². The van der Waals surface area contributed by atoms with Crippen LogP contribution in [0.3, 0.4) is 0 Å². The lowest BCUT2D eigenvalue weighted by Crippen LogP contribution is -2.14. The molecule has 2 N–H and O–H groups in total. The minimum atomic E-state index is 0.177. The number of H-pyrrole nitrogens is 1. The third-order valence-corrected chi connectivity index (χ3v) is 3.90. The maximum Gasteiger partial charge on any atom is 0.181 e. The van der Waals surface area contributed by atoms with Gasteiger partial charge < -0.3 is 5.32 Å². The predicted octanol–water partition coefficient (Wildman–Crippen LogP) is 3.19. The average molecular weight is 270 g/mol. The molecule has 1 aliphatic rings. The molecule has 0 saturated carbocycles. The molecule has 1 aromatic heterocycles.